The molecule has 7 heteroatoms. The van der Waals surface area contributed by atoms with Gasteiger partial charge in [-0.1, -0.05) is 0 Å². The lowest BCUT2D eigenvalue weighted by Crippen LogP contribution is -2.45. The Morgan fingerprint density at radius 3 is 1.85 bits per heavy atom. The van der Waals surface area contributed by atoms with Gasteiger partial charge in [-0.05, 0) is 33.6 Å². The van der Waals surface area contributed by atoms with E-state index in [4.69, 9.17) is 18.4 Å². The van der Waals surface area contributed by atoms with Crippen molar-refractivity contribution in [3.05, 3.63) is 0 Å². The summed E-state index contributed by atoms with van der Waals surface area (Å²) in [7, 11) is -2.63. The van der Waals surface area contributed by atoms with Crippen molar-refractivity contribution in [3.8, 4) is 0 Å². The summed E-state index contributed by atoms with van der Waals surface area (Å²) < 4.78 is 17.1. The van der Waals surface area contributed by atoms with Gasteiger partial charge < -0.3 is 18.4 Å². The molecule has 0 aliphatic carbocycles. The summed E-state index contributed by atoms with van der Waals surface area (Å²) in [5.74, 6) is -1.31. The molecule has 0 aliphatic rings. The number of carboxylic acid groups (broad SMARTS) is 1. The van der Waals surface area contributed by atoms with E-state index >= 15 is 0 Å². The highest BCUT2D eigenvalue weighted by Crippen LogP contribution is 2.20. The number of carboxylic acids is 1. The second-order valence-electron chi connectivity index (χ2n) is 4.30. The van der Waals surface area contributed by atoms with Crippen molar-refractivity contribution >= 4 is 20.6 Å². The van der Waals surface area contributed by atoms with Crippen LogP contribution in [0.15, 0.2) is 0 Å². The molecule has 6 nitrogen and oxygen atoms in total. The predicted molar refractivity (Wildman–Crippen MR) is 76.5 cm³/mol. The Bertz CT molecular complexity index is 278. The Morgan fingerprint density at radius 1 is 0.950 bits per heavy atom. The fourth-order valence-electron chi connectivity index (χ4n) is 1.92. The van der Waals surface area contributed by atoms with Crippen LogP contribution in [0.1, 0.15) is 46.5 Å². The lowest BCUT2D eigenvalue weighted by Gasteiger charge is -2.28. The smallest absolute Gasteiger partial charge is 0.481 e. The molecular formula is C13H26O6Si. The molecule has 118 valence electrons. The third-order valence-electron chi connectivity index (χ3n) is 2.63. The zero-order chi connectivity index (χ0) is 15.4. The Morgan fingerprint density at radius 2 is 1.45 bits per heavy atom. The van der Waals surface area contributed by atoms with Crippen molar-refractivity contribution in [2.75, 3.05) is 19.8 Å². The van der Waals surface area contributed by atoms with Gasteiger partial charge in [-0.15, -0.1) is 0 Å². The third-order valence-corrected chi connectivity index (χ3v) is 5.78. The highest BCUT2D eigenvalue weighted by molar-refractivity contribution is 6.60. The van der Waals surface area contributed by atoms with Crippen LogP contribution < -0.4 is 0 Å². The summed E-state index contributed by atoms with van der Waals surface area (Å²) in [6.07, 6.45) is 1.25. The molecule has 0 spiro atoms. The minimum Gasteiger partial charge on any atom is -0.481 e. The molecule has 0 fully saturated rings. The van der Waals surface area contributed by atoms with Crippen LogP contribution in [0.2, 0.25) is 6.04 Å². The maximum atomic E-state index is 11.3. The normalized spacial score (nSPS) is 11.6. The SMILES string of the molecule is CCO[Si](CCCCC(=O)CC(=O)O)(OCC)OCC. The number of unbranched alkanes of at least 4 members (excludes halogenated alkanes) is 1. The van der Waals surface area contributed by atoms with E-state index in [1.807, 2.05) is 20.8 Å². The molecular weight excluding hydrogens is 280 g/mol. The van der Waals surface area contributed by atoms with Gasteiger partial charge in [-0.25, -0.2) is 0 Å². The van der Waals surface area contributed by atoms with Gasteiger partial charge in [-0.3, -0.25) is 9.59 Å². The van der Waals surface area contributed by atoms with Gasteiger partial charge in [0.2, 0.25) is 0 Å². The molecule has 0 saturated carbocycles. The maximum Gasteiger partial charge on any atom is 0.500 e. The molecule has 20 heavy (non-hydrogen) atoms. The second-order valence-corrected chi connectivity index (χ2v) is 7.03. The average Bonchev–Trinajstić information content (AvgIpc) is 2.35. The van der Waals surface area contributed by atoms with Crippen molar-refractivity contribution in [3.63, 3.8) is 0 Å². The number of ketones is 1. The maximum absolute atomic E-state index is 11.3. The summed E-state index contributed by atoms with van der Waals surface area (Å²) in [4.78, 5) is 21.7. The zero-order valence-corrected chi connectivity index (χ0v) is 13.6. The predicted octanol–water partition coefficient (Wildman–Crippen LogP) is 2.25. The zero-order valence-electron chi connectivity index (χ0n) is 12.6. The van der Waals surface area contributed by atoms with Crippen LogP contribution in [0.3, 0.4) is 0 Å². The van der Waals surface area contributed by atoms with Crippen molar-refractivity contribution in [1.82, 2.24) is 0 Å². The van der Waals surface area contributed by atoms with Crippen molar-refractivity contribution in [2.24, 2.45) is 0 Å². The number of aliphatic carboxylic acids is 1. The first-order valence-corrected chi connectivity index (χ1v) is 9.08. The monoisotopic (exact) mass is 306 g/mol. The quantitative estimate of drug-likeness (QED) is 0.319. The molecule has 0 aliphatic heterocycles. The van der Waals surface area contributed by atoms with Gasteiger partial charge in [-0.2, -0.15) is 0 Å². The molecule has 0 rings (SSSR count). The van der Waals surface area contributed by atoms with Gasteiger partial charge in [0.1, 0.15) is 12.2 Å². The second kappa shape index (κ2) is 11.0. The average molecular weight is 306 g/mol. The summed E-state index contributed by atoms with van der Waals surface area (Å²) >= 11 is 0. The summed E-state index contributed by atoms with van der Waals surface area (Å²) in [5, 5.41) is 8.51. The molecule has 0 saturated heterocycles. The van der Waals surface area contributed by atoms with E-state index in [9.17, 15) is 9.59 Å². The van der Waals surface area contributed by atoms with Crippen LogP contribution in [-0.2, 0) is 22.9 Å². The molecule has 0 atom stereocenters. The van der Waals surface area contributed by atoms with Gasteiger partial charge in [0.25, 0.3) is 0 Å². The van der Waals surface area contributed by atoms with Crippen LogP contribution in [0, 0.1) is 0 Å². The Hall–Kier alpha value is -0.763. The lowest BCUT2D eigenvalue weighted by molar-refractivity contribution is -0.140. The number of carbonyl (C=O) groups is 2. The van der Waals surface area contributed by atoms with E-state index < -0.39 is 21.2 Å². The fraction of sp³-hybridized carbons (Fsp3) is 0.846. The summed E-state index contributed by atoms with van der Waals surface area (Å²) in [6.45, 7) is 7.29. The Kier molecular flexibility index (Phi) is 10.5. The van der Waals surface area contributed by atoms with Crippen LogP contribution in [0.25, 0.3) is 0 Å². The van der Waals surface area contributed by atoms with Crippen molar-refractivity contribution in [1.29, 1.82) is 0 Å². The Labute approximate surface area is 121 Å². The molecule has 0 aromatic rings. The number of rotatable bonds is 13. The lowest BCUT2D eigenvalue weighted by atomic mass is 10.1. The highest BCUT2D eigenvalue weighted by atomic mass is 28.4. The first kappa shape index (κ1) is 19.2. The van der Waals surface area contributed by atoms with Crippen LogP contribution >= 0.6 is 0 Å². The largest absolute Gasteiger partial charge is 0.500 e. The molecule has 0 aromatic heterocycles. The van der Waals surface area contributed by atoms with Crippen LogP contribution in [0.5, 0.6) is 0 Å². The molecule has 0 amide bonds. The van der Waals surface area contributed by atoms with Gasteiger partial charge >= 0.3 is 14.8 Å². The minimum atomic E-state index is -2.63. The Balaban J connectivity index is 4.18. The molecule has 0 heterocycles. The molecule has 1 N–H and O–H groups in total. The molecule has 0 unspecified atom stereocenters. The first-order valence-electron chi connectivity index (χ1n) is 7.15. The van der Waals surface area contributed by atoms with E-state index in [0.717, 1.165) is 6.42 Å². The van der Waals surface area contributed by atoms with Gasteiger partial charge in [0.15, 0.2) is 0 Å². The van der Waals surface area contributed by atoms with Gasteiger partial charge in [0.05, 0.1) is 0 Å². The van der Waals surface area contributed by atoms with E-state index in [0.29, 0.717) is 32.3 Å². The number of hydrogen-bond donors (Lipinski definition) is 1. The molecule has 0 bridgehead atoms. The number of carbonyl (C=O) groups excluding carboxylic acids is 1. The summed E-state index contributed by atoms with van der Waals surface area (Å²) in [5.41, 5.74) is 0. The standard InChI is InChI=1S/C13H26O6Si/c1-4-17-20(18-5-2,19-6-3)10-8-7-9-12(14)11-13(15)16/h4-11H2,1-3H3,(H,15,16). The van der Waals surface area contributed by atoms with E-state index in [1.165, 1.54) is 0 Å². The third kappa shape index (κ3) is 8.42. The molecule has 0 radical (unpaired) electrons. The number of hydrogen-bond acceptors (Lipinski definition) is 5. The first-order chi connectivity index (χ1) is 9.49. The summed E-state index contributed by atoms with van der Waals surface area (Å²) in [6, 6.07) is 0.656. The van der Waals surface area contributed by atoms with E-state index in [2.05, 4.69) is 0 Å². The van der Waals surface area contributed by atoms with Crippen LogP contribution in [0.4, 0.5) is 0 Å². The number of Topliss-reactive ketones (excluding diaryl/α,β-unsaturated/α-hetero) is 1. The van der Waals surface area contributed by atoms with Crippen molar-refractivity contribution in [2.45, 2.75) is 52.5 Å². The van der Waals surface area contributed by atoms with Crippen molar-refractivity contribution < 1.29 is 28.0 Å². The van der Waals surface area contributed by atoms with E-state index in [1.54, 1.807) is 0 Å². The van der Waals surface area contributed by atoms with Crippen LogP contribution in [-0.4, -0.2) is 45.5 Å². The minimum absolute atomic E-state index is 0.242. The van der Waals surface area contributed by atoms with E-state index in [-0.39, 0.29) is 12.2 Å². The van der Waals surface area contributed by atoms with Gasteiger partial charge in [0, 0.05) is 32.3 Å². The fourth-order valence-corrected chi connectivity index (χ4v) is 4.61. The topological polar surface area (TPSA) is 82.1 Å². The molecule has 0 aromatic carbocycles. The highest BCUT2D eigenvalue weighted by Gasteiger charge is 2.39.